The Morgan fingerprint density at radius 1 is 1.05 bits per heavy atom. The second kappa shape index (κ2) is 6.87. The van der Waals surface area contributed by atoms with Crippen LogP contribution < -0.4 is 4.52 Å². The third-order valence-electron chi connectivity index (χ3n) is 3.93. The van der Waals surface area contributed by atoms with Crippen molar-refractivity contribution >= 4 is 8.69 Å². The topological polar surface area (TPSA) is 26.3 Å². The van der Waals surface area contributed by atoms with E-state index >= 15 is 0 Å². The summed E-state index contributed by atoms with van der Waals surface area (Å²) in [5.41, 5.74) is 7.69. The summed E-state index contributed by atoms with van der Waals surface area (Å²) in [6, 6.07) is 10.4. The smallest absolute Gasteiger partial charge is 0.395 e. The maximum Gasteiger partial charge on any atom is 0.395 e. The lowest BCUT2D eigenvalue weighted by molar-refractivity contribution is 0.521. The molecule has 0 aliphatic rings. The molecule has 2 aromatic carbocycles. The quantitative estimate of drug-likeness (QED) is 0.696. The molecule has 21 heavy (non-hydrogen) atoms. The first-order chi connectivity index (χ1) is 10.1. The molecule has 0 saturated carbocycles. The molecule has 0 radical (unpaired) electrons. The van der Waals surface area contributed by atoms with E-state index in [1.165, 1.54) is 27.8 Å². The van der Waals surface area contributed by atoms with Crippen LogP contribution in [0.2, 0.25) is 0 Å². The Morgan fingerprint density at radius 3 is 2.29 bits per heavy atom. The van der Waals surface area contributed by atoms with Crippen molar-refractivity contribution in [2.45, 2.75) is 40.5 Å². The Bertz CT molecular complexity index is 639. The van der Waals surface area contributed by atoms with E-state index in [1.807, 2.05) is 12.1 Å². The van der Waals surface area contributed by atoms with Crippen LogP contribution in [0.3, 0.4) is 0 Å². The van der Waals surface area contributed by atoms with Crippen LogP contribution in [0.5, 0.6) is 5.75 Å². The highest BCUT2D eigenvalue weighted by Crippen LogP contribution is 2.29. The standard InChI is InChI=1S/C18H21O2P/c1-5-16-15(7-6-8-18(16)20-21-19)11-17-13(3)9-12(2)10-14(17)4/h6-10H,5,11H2,1-4H3. The molecule has 0 heterocycles. The third-order valence-corrected chi connectivity index (χ3v) is 4.20. The summed E-state index contributed by atoms with van der Waals surface area (Å²) >= 11 is 0. The van der Waals surface area contributed by atoms with E-state index in [2.05, 4.69) is 45.9 Å². The summed E-state index contributed by atoms with van der Waals surface area (Å²) in [7, 11) is -0.300. The van der Waals surface area contributed by atoms with Crippen molar-refractivity contribution in [1.29, 1.82) is 0 Å². The predicted octanol–water partition coefficient (Wildman–Crippen LogP) is 5.35. The molecular weight excluding hydrogens is 279 g/mol. The van der Waals surface area contributed by atoms with Gasteiger partial charge in [-0.15, -0.1) is 0 Å². The fourth-order valence-corrected chi connectivity index (χ4v) is 3.23. The van der Waals surface area contributed by atoms with Crippen molar-refractivity contribution in [3.63, 3.8) is 0 Å². The minimum Gasteiger partial charge on any atom is -0.407 e. The van der Waals surface area contributed by atoms with Gasteiger partial charge in [0.2, 0.25) is 0 Å². The van der Waals surface area contributed by atoms with E-state index in [-0.39, 0.29) is 8.69 Å². The summed E-state index contributed by atoms with van der Waals surface area (Å²) in [6.07, 6.45) is 1.75. The molecule has 0 N–H and O–H groups in total. The second-order valence-corrected chi connectivity index (χ2v) is 5.80. The van der Waals surface area contributed by atoms with Gasteiger partial charge < -0.3 is 4.52 Å². The van der Waals surface area contributed by atoms with Crippen LogP contribution in [0, 0.1) is 20.8 Å². The first-order valence-corrected chi connectivity index (χ1v) is 7.97. The molecule has 0 bridgehead atoms. The summed E-state index contributed by atoms with van der Waals surface area (Å²) in [5.74, 6) is 0.717. The maximum atomic E-state index is 10.7. The molecule has 0 saturated heterocycles. The summed E-state index contributed by atoms with van der Waals surface area (Å²) in [4.78, 5) is 0. The highest BCUT2D eigenvalue weighted by Gasteiger charge is 2.11. The lowest BCUT2D eigenvalue weighted by Crippen LogP contribution is -2.01. The predicted molar refractivity (Wildman–Crippen MR) is 87.5 cm³/mol. The Kier molecular flexibility index (Phi) is 5.14. The van der Waals surface area contributed by atoms with Gasteiger partial charge in [0.1, 0.15) is 5.75 Å². The van der Waals surface area contributed by atoms with Crippen LogP contribution in [0.25, 0.3) is 0 Å². The third kappa shape index (κ3) is 3.51. The lowest BCUT2D eigenvalue weighted by Gasteiger charge is -2.15. The van der Waals surface area contributed by atoms with Gasteiger partial charge in [0.25, 0.3) is 0 Å². The van der Waals surface area contributed by atoms with Gasteiger partial charge in [0.15, 0.2) is 0 Å². The van der Waals surface area contributed by atoms with E-state index in [9.17, 15) is 4.57 Å². The molecule has 0 aliphatic carbocycles. The highest BCUT2D eigenvalue weighted by molar-refractivity contribution is 7.17. The van der Waals surface area contributed by atoms with Gasteiger partial charge in [-0.05, 0) is 67.5 Å². The number of hydrogen-bond donors (Lipinski definition) is 0. The minimum absolute atomic E-state index is 0.300. The second-order valence-electron chi connectivity index (χ2n) is 5.47. The molecule has 3 heteroatoms. The van der Waals surface area contributed by atoms with Crippen molar-refractivity contribution in [3.05, 3.63) is 63.7 Å². The van der Waals surface area contributed by atoms with Crippen LogP contribution in [-0.4, -0.2) is 0 Å². The van der Waals surface area contributed by atoms with Gasteiger partial charge in [-0.25, -0.2) is 4.57 Å². The summed E-state index contributed by atoms with van der Waals surface area (Å²) in [6.45, 7) is 8.56. The Balaban J connectivity index is 2.45. The maximum absolute atomic E-state index is 10.7. The van der Waals surface area contributed by atoms with Crippen LogP contribution in [0.1, 0.15) is 40.3 Å². The van der Waals surface area contributed by atoms with Crippen molar-refractivity contribution in [1.82, 2.24) is 0 Å². The first-order valence-electron chi connectivity index (χ1n) is 7.24. The molecule has 0 spiro atoms. The lowest BCUT2D eigenvalue weighted by atomic mass is 9.91. The van der Waals surface area contributed by atoms with E-state index in [0.717, 1.165) is 18.4 Å². The zero-order valence-corrected chi connectivity index (χ0v) is 14.0. The van der Waals surface area contributed by atoms with E-state index in [4.69, 9.17) is 4.52 Å². The van der Waals surface area contributed by atoms with Gasteiger partial charge in [0.05, 0.1) is 0 Å². The molecule has 0 unspecified atom stereocenters. The minimum atomic E-state index is -0.300. The average Bonchev–Trinajstić information content (AvgIpc) is 2.43. The van der Waals surface area contributed by atoms with Crippen molar-refractivity contribution in [3.8, 4) is 5.75 Å². The van der Waals surface area contributed by atoms with Gasteiger partial charge in [-0.1, -0.05) is 36.8 Å². The van der Waals surface area contributed by atoms with Gasteiger partial charge in [-0.3, -0.25) is 0 Å². The SMILES string of the molecule is CCc1c(Cc2c(C)cc(C)cc2C)cccc1OP=O. The first kappa shape index (κ1) is 15.7. The molecule has 0 fully saturated rings. The average molecular weight is 300 g/mol. The van der Waals surface area contributed by atoms with Gasteiger partial charge in [0, 0.05) is 0 Å². The van der Waals surface area contributed by atoms with E-state index in [1.54, 1.807) is 0 Å². The van der Waals surface area contributed by atoms with E-state index in [0.29, 0.717) is 5.75 Å². The van der Waals surface area contributed by atoms with Crippen molar-refractivity contribution < 1.29 is 9.09 Å². The van der Waals surface area contributed by atoms with Crippen LogP contribution in [-0.2, 0) is 17.4 Å². The number of aryl methyl sites for hydroxylation is 3. The monoisotopic (exact) mass is 300 g/mol. The number of hydrogen-bond acceptors (Lipinski definition) is 2. The van der Waals surface area contributed by atoms with Crippen LogP contribution in [0.4, 0.5) is 0 Å². The zero-order chi connectivity index (χ0) is 15.4. The molecule has 2 rings (SSSR count). The molecule has 0 aliphatic heterocycles. The van der Waals surface area contributed by atoms with Crippen LogP contribution >= 0.6 is 8.69 Å². The summed E-state index contributed by atoms with van der Waals surface area (Å²) in [5, 5.41) is 0. The molecule has 0 atom stereocenters. The molecular formula is C18H21O2P. The Morgan fingerprint density at radius 2 is 1.71 bits per heavy atom. The fraction of sp³-hybridized carbons (Fsp3) is 0.333. The highest BCUT2D eigenvalue weighted by atomic mass is 31.1. The fourth-order valence-electron chi connectivity index (χ4n) is 2.98. The zero-order valence-electron chi connectivity index (χ0n) is 13.1. The Labute approximate surface area is 128 Å². The van der Waals surface area contributed by atoms with Gasteiger partial charge >= 0.3 is 8.69 Å². The number of benzene rings is 2. The largest absolute Gasteiger partial charge is 0.407 e. The molecule has 0 amide bonds. The Hall–Kier alpha value is -1.66. The molecule has 2 nitrogen and oxygen atoms in total. The normalized spacial score (nSPS) is 10.9. The number of rotatable bonds is 5. The van der Waals surface area contributed by atoms with Crippen molar-refractivity contribution in [2.75, 3.05) is 0 Å². The van der Waals surface area contributed by atoms with Crippen molar-refractivity contribution in [2.24, 2.45) is 0 Å². The summed E-state index contributed by atoms with van der Waals surface area (Å²) < 4.78 is 15.9. The van der Waals surface area contributed by atoms with Crippen LogP contribution in [0.15, 0.2) is 30.3 Å². The molecule has 2 aromatic rings. The van der Waals surface area contributed by atoms with E-state index < -0.39 is 0 Å². The molecule has 110 valence electrons. The van der Waals surface area contributed by atoms with Gasteiger partial charge in [-0.2, -0.15) is 0 Å². The molecule has 0 aromatic heterocycles.